The fourth-order valence-corrected chi connectivity index (χ4v) is 2.42. The number of aliphatic carboxylic acids is 1. The van der Waals surface area contributed by atoms with E-state index in [-0.39, 0.29) is 11.1 Å². The van der Waals surface area contributed by atoms with Gasteiger partial charge in [0.15, 0.2) is 0 Å². The van der Waals surface area contributed by atoms with Gasteiger partial charge in [-0.15, -0.1) is 0 Å². The molecule has 0 aliphatic carbocycles. The third-order valence-corrected chi connectivity index (χ3v) is 3.38. The van der Waals surface area contributed by atoms with E-state index in [9.17, 15) is 27.5 Å². The van der Waals surface area contributed by atoms with Gasteiger partial charge in [0.05, 0.1) is 5.92 Å². The average Bonchev–Trinajstić information content (AvgIpc) is 2.36. The summed E-state index contributed by atoms with van der Waals surface area (Å²) in [4.78, 5) is 11.3. The molecule has 2 aromatic rings. The molecular weight excluding hydrogens is 300 g/mol. The minimum atomic E-state index is -1.25. The first-order valence-corrected chi connectivity index (χ1v) is 6.42. The lowest BCUT2D eigenvalue weighted by atomic mass is 9.81. The maximum atomic E-state index is 13.4. The molecule has 0 spiro atoms. The summed E-state index contributed by atoms with van der Waals surface area (Å²) in [5, 5.41) is 9.18. The summed E-state index contributed by atoms with van der Waals surface area (Å²) in [6.45, 7) is 1.30. The number of hydrogen-bond acceptors (Lipinski definition) is 1. The highest BCUT2D eigenvalue weighted by Crippen LogP contribution is 2.34. The first-order valence-electron chi connectivity index (χ1n) is 6.42. The van der Waals surface area contributed by atoms with Crippen molar-refractivity contribution in [1.82, 2.24) is 0 Å². The van der Waals surface area contributed by atoms with Gasteiger partial charge in [-0.2, -0.15) is 0 Å². The molecule has 0 aromatic heterocycles. The molecule has 1 unspecified atom stereocenters. The predicted octanol–water partition coefficient (Wildman–Crippen LogP) is 4.10. The lowest BCUT2D eigenvalue weighted by molar-refractivity contribution is -0.141. The molecule has 116 valence electrons. The van der Waals surface area contributed by atoms with E-state index in [0.717, 1.165) is 24.3 Å². The summed E-state index contributed by atoms with van der Waals surface area (Å²) in [5.74, 6) is -7.05. The quantitative estimate of drug-likeness (QED) is 0.863. The molecule has 1 N–H and O–H groups in total. The smallest absolute Gasteiger partial charge is 0.307 e. The molecule has 0 saturated carbocycles. The minimum Gasteiger partial charge on any atom is -0.481 e. The zero-order chi connectivity index (χ0) is 16.4. The lowest BCUT2D eigenvalue weighted by Crippen LogP contribution is -2.20. The van der Waals surface area contributed by atoms with Crippen molar-refractivity contribution in [1.29, 1.82) is 0 Å². The summed E-state index contributed by atoms with van der Waals surface area (Å²) in [6.07, 6.45) is 0. The van der Waals surface area contributed by atoms with Crippen LogP contribution in [0.25, 0.3) is 0 Å². The van der Waals surface area contributed by atoms with Gasteiger partial charge in [0.25, 0.3) is 0 Å². The van der Waals surface area contributed by atoms with E-state index in [1.54, 1.807) is 0 Å². The third-order valence-electron chi connectivity index (χ3n) is 3.38. The third kappa shape index (κ3) is 3.44. The van der Waals surface area contributed by atoms with Crippen molar-refractivity contribution in [2.45, 2.75) is 12.8 Å². The Kier molecular flexibility index (Phi) is 4.49. The van der Waals surface area contributed by atoms with E-state index >= 15 is 0 Å². The Hall–Kier alpha value is -2.37. The molecule has 0 bridgehead atoms. The number of benzene rings is 2. The Labute approximate surface area is 124 Å². The van der Waals surface area contributed by atoms with E-state index in [4.69, 9.17) is 0 Å². The number of halogens is 4. The van der Waals surface area contributed by atoms with E-state index in [1.165, 1.54) is 6.92 Å². The summed E-state index contributed by atoms with van der Waals surface area (Å²) in [6, 6.07) is 5.09. The van der Waals surface area contributed by atoms with E-state index in [1.807, 2.05) is 0 Å². The first-order chi connectivity index (χ1) is 10.3. The standard InChI is InChI=1S/C16H12F4O2/c1-8(16(21)22)15(9-2-11(17)6-12(18)3-9)10-4-13(19)7-14(20)5-10/h2-8,15H,1H3,(H,21,22). The number of carbonyl (C=O) groups is 1. The molecule has 22 heavy (non-hydrogen) atoms. The molecule has 0 fully saturated rings. The molecule has 0 aliphatic heterocycles. The lowest BCUT2D eigenvalue weighted by Gasteiger charge is -2.22. The Morgan fingerprint density at radius 1 is 0.818 bits per heavy atom. The van der Waals surface area contributed by atoms with Crippen LogP contribution in [0.3, 0.4) is 0 Å². The van der Waals surface area contributed by atoms with Crippen molar-refractivity contribution in [3.05, 3.63) is 70.8 Å². The molecule has 6 heteroatoms. The average molecular weight is 312 g/mol. The number of carboxylic acid groups (broad SMARTS) is 1. The predicted molar refractivity (Wildman–Crippen MR) is 71.4 cm³/mol. The van der Waals surface area contributed by atoms with Gasteiger partial charge >= 0.3 is 5.97 Å². The number of rotatable bonds is 4. The molecule has 0 radical (unpaired) electrons. The highest BCUT2D eigenvalue weighted by atomic mass is 19.1. The number of hydrogen-bond donors (Lipinski definition) is 1. The highest BCUT2D eigenvalue weighted by Gasteiger charge is 2.28. The summed E-state index contributed by atoms with van der Waals surface area (Å²) in [7, 11) is 0. The Morgan fingerprint density at radius 2 is 1.14 bits per heavy atom. The molecule has 0 heterocycles. The van der Waals surface area contributed by atoms with Crippen molar-refractivity contribution >= 4 is 5.97 Å². The fourth-order valence-electron chi connectivity index (χ4n) is 2.42. The van der Waals surface area contributed by atoms with Crippen molar-refractivity contribution in [2.75, 3.05) is 0 Å². The van der Waals surface area contributed by atoms with Crippen molar-refractivity contribution in [2.24, 2.45) is 5.92 Å². The molecule has 0 aliphatic rings. The zero-order valence-electron chi connectivity index (χ0n) is 11.5. The van der Waals surface area contributed by atoms with E-state index < -0.39 is 41.1 Å². The zero-order valence-corrected chi connectivity index (χ0v) is 11.5. The normalized spacial score (nSPS) is 12.5. The van der Waals surface area contributed by atoms with Crippen LogP contribution in [-0.2, 0) is 4.79 Å². The summed E-state index contributed by atoms with van der Waals surface area (Å²) >= 11 is 0. The second kappa shape index (κ2) is 6.17. The molecule has 2 aromatic carbocycles. The van der Waals surface area contributed by atoms with Crippen LogP contribution in [0.1, 0.15) is 24.0 Å². The molecular formula is C16H12F4O2. The Morgan fingerprint density at radius 3 is 1.41 bits per heavy atom. The molecule has 2 nitrogen and oxygen atoms in total. The van der Waals surface area contributed by atoms with Gasteiger partial charge in [0, 0.05) is 18.1 Å². The second-order valence-electron chi connectivity index (χ2n) is 5.01. The maximum absolute atomic E-state index is 13.4. The van der Waals surface area contributed by atoms with Crippen LogP contribution < -0.4 is 0 Å². The molecule has 1 atom stereocenters. The van der Waals surface area contributed by atoms with Crippen LogP contribution >= 0.6 is 0 Å². The minimum absolute atomic E-state index is 0.00241. The van der Waals surface area contributed by atoms with E-state index in [2.05, 4.69) is 0 Å². The molecule has 0 amide bonds. The van der Waals surface area contributed by atoms with Crippen molar-refractivity contribution in [3.63, 3.8) is 0 Å². The Bertz CT molecular complexity index is 623. The van der Waals surface area contributed by atoms with Crippen LogP contribution in [-0.4, -0.2) is 11.1 Å². The Balaban J connectivity index is 2.62. The largest absolute Gasteiger partial charge is 0.481 e. The van der Waals surface area contributed by atoms with Gasteiger partial charge in [0.1, 0.15) is 23.3 Å². The van der Waals surface area contributed by atoms with Gasteiger partial charge in [-0.05, 0) is 35.4 Å². The summed E-state index contributed by atoms with van der Waals surface area (Å²) < 4.78 is 53.6. The maximum Gasteiger partial charge on any atom is 0.307 e. The van der Waals surface area contributed by atoms with Gasteiger partial charge < -0.3 is 5.11 Å². The van der Waals surface area contributed by atoms with Crippen LogP contribution in [0.5, 0.6) is 0 Å². The molecule has 0 saturated heterocycles. The van der Waals surface area contributed by atoms with Crippen LogP contribution in [0.2, 0.25) is 0 Å². The number of carboxylic acids is 1. The SMILES string of the molecule is CC(C(=O)O)C(c1cc(F)cc(F)c1)c1cc(F)cc(F)c1. The highest BCUT2D eigenvalue weighted by molar-refractivity contribution is 5.72. The van der Waals surface area contributed by atoms with Crippen molar-refractivity contribution in [3.8, 4) is 0 Å². The van der Waals surface area contributed by atoms with Crippen LogP contribution in [0.4, 0.5) is 17.6 Å². The van der Waals surface area contributed by atoms with Crippen LogP contribution in [0, 0.1) is 29.2 Å². The summed E-state index contributed by atoms with van der Waals surface area (Å²) in [5.41, 5.74) is -0.00481. The van der Waals surface area contributed by atoms with Gasteiger partial charge in [-0.25, -0.2) is 17.6 Å². The molecule has 2 rings (SSSR count). The monoisotopic (exact) mass is 312 g/mol. The van der Waals surface area contributed by atoms with Gasteiger partial charge in [-0.3, -0.25) is 4.79 Å². The van der Waals surface area contributed by atoms with E-state index in [0.29, 0.717) is 12.1 Å². The second-order valence-corrected chi connectivity index (χ2v) is 5.01. The topological polar surface area (TPSA) is 37.3 Å². The first kappa shape index (κ1) is 16.0. The van der Waals surface area contributed by atoms with Crippen LogP contribution in [0.15, 0.2) is 36.4 Å². The fraction of sp³-hybridized carbons (Fsp3) is 0.188. The van der Waals surface area contributed by atoms with Gasteiger partial charge in [-0.1, -0.05) is 6.92 Å². The van der Waals surface area contributed by atoms with Crippen molar-refractivity contribution < 1.29 is 27.5 Å². The van der Waals surface area contributed by atoms with Gasteiger partial charge in [0.2, 0.25) is 0 Å².